The minimum absolute atomic E-state index is 0.0609. The van der Waals surface area contributed by atoms with Crippen LogP contribution in [0, 0.1) is 18.8 Å². The van der Waals surface area contributed by atoms with Gasteiger partial charge in [0.1, 0.15) is 0 Å². The van der Waals surface area contributed by atoms with E-state index in [1.165, 1.54) is 0 Å². The third-order valence-electron chi connectivity index (χ3n) is 4.97. The summed E-state index contributed by atoms with van der Waals surface area (Å²) < 4.78 is 0. The van der Waals surface area contributed by atoms with Crippen molar-refractivity contribution in [2.24, 2.45) is 11.8 Å². The van der Waals surface area contributed by atoms with Gasteiger partial charge in [-0.25, -0.2) is 0 Å². The minimum atomic E-state index is -0.880. The van der Waals surface area contributed by atoms with Crippen molar-refractivity contribution in [2.75, 3.05) is 6.54 Å². The normalized spacial score (nSPS) is 15.9. The van der Waals surface area contributed by atoms with Gasteiger partial charge in [0.05, 0.1) is 11.8 Å². The Bertz CT molecular complexity index is 768. The van der Waals surface area contributed by atoms with E-state index < -0.39 is 11.9 Å². The molecule has 2 aromatic carbocycles. The summed E-state index contributed by atoms with van der Waals surface area (Å²) in [6, 6.07) is 17.6. The molecule has 3 rings (SSSR count). The van der Waals surface area contributed by atoms with Gasteiger partial charge in [-0.05, 0) is 43.2 Å². The zero-order valence-electron chi connectivity index (χ0n) is 15.0. The highest BCUT2D eigenvalue weighted by Gasteiger charge is 2.37. The first-order valence-electron chi connectivity index (χ1n) is 9.15. The molecule has 0 heterocycles. The Hall–Kier alpha value is -2.62. The molecular weight excluding hydrogens is 326 g/mol. The largest absolute Gasteiger partial charge is 0.481 e. The van der Waals surface area contributed by atoms with E-state index >= 15 is 0 Å². The summed E-state index contributed by atoms with van der Waals surface area (Å²) in [6.07, 6.45) is 2.52. The lowest BCUT2D eigenvalue weighted by Crippen LogP contribution is -2.37. The van der Waals surface area contributed by atoms with E-state index in [1.807, 2.05) is 61.5 Å². The smallest absolute Gasteiger partial charge is 0.308 e. The molecule has 0 radical (unpaired) electrons. The molecule has 1 amide bonds. The van der Waals surface area contributed by atoms with Gasteiger partial charge in [0.15, 0.2) is 0 Å². The Labute approximate surface area is 154 Å². The monoisotopic (exact) mass is 351 g/mol. The van der Waals surface area contributed by atoms with Crippen molar-refractivity contribution in [3.63, 3.8) is 0 Å². The van der Waals surface area contributed by atoms with E-state index in [2.05, 4.69) is 5.32 Å². The van der Waals surface area contributed by atoms with E-state index in [0.717, 1.165) is 29.5 Å². The third-order valence-corrected chi connectivity index (χ3v) is 4.97. The SMILES string of the molecule is Cc1cccc(CC(CNC(=O)C(c2ccccc2)C2CC2)C(=O)O)c1. The van der Waals surface area contributed by atoms with Crippen LogP contribution in [0.4, 0.5) is 0 Å². The number of carboxylic acid groups (broad SMARTS) is 1. The average molecular weight is 351 g/mol. The van der Waals surface area contributed by atoms with Crippen LogP contribution in [0.2, 0.25) is 0 Å². The first kappa shape index (κ1) is 18.2. The zero-order valence-corrected chi connectivity index (χ0v) is 15.0. The highest BCUT2D eigenvalue weighted by atomic mass is 16.4. The van der Waals surface area contributed by atoms with E-state index in [0.29, 0.717) is 12.3 Å². The maximum atomic E-state index is 12.8. The molecule has 0 aliphatic heterocycles. The Morgan fingerprint density at radius 3 is 2.46 bits per heavy atom. The van der Waals surface area contributed by atoms with Crippen LogP contribution in [0.1, 0.15) is 35.4 Å². The number of carbonyl (C=O) groups excluding carboxylic acids is 1. The molecule has 0 saturated heterocycles. The highest BCUT2D eigenvalue weighted by molar-refractivity contribution is 5.85. The number of amides is 1. The van der Waals surface area contributed by atoms with Crippen LogP contribution in [0.15, 0.2) is 54.6 Å². The molecule has 0 aromatic heterocycles. The number of nitrogens with one attached hydrogen (secondary N) is 1. The predicted molar refractivity (Wildman–Crippen MR) is 101 cm³/mol. The second-order valence-electron chi connectivity index (χ2n) is 7.20. The number of benzene rings is 2. The lowest BCUT2D eigenvalue weighted by Gasteiger charge is -2.19. The van der Waals surface area contributed by atoms with Gasteiger partial charge in [0, 0.05) is 6.54 Å². The fourth-order valence-corrected chi connectivity index (χ4v) is 3.43. The molecule has 1 fully saturated rings. The summed E-state index contributed by atoms with van der Waals surface area (Å²) in [5.74, 6) is -1.37. The zero-order chi connectivity index (χ0) is 18.5. The van der Waals surface area contributed by atoms with Crippen molar-refractivity contribution >= 4 is 11.9 Å². The van der Waals surface area contributed by atoms with E-state index in [1.54, 1.807) is 0 Å². The molecular formula is C22H25NO3. The summed E-state index contributed by atoms with van der Waals surface area (Å²) in [4.78, 5) is 24.4. The van der Waals surface area contributed by atoms with Gasteiger partial charge < -0.3 is 10.4 Å². The van der Waals surface area contributed by atoms with Crippen molar-refractivity contribution < 1.29 is 14.7 Å². The molecule has 1 aliphatic carbocycles. The van der Waals surface area contributed by atoms with Crippen LogP contribution < -0.4 is 5.32 Å². The molecule has 0 spiro atoms. The van der Waals surface area contributed by atoms with Gasteiger partial charge in [-0.1, -0.05) is 60.2 Å². The van der Waals surface area contributed by atoms with Crippen molar-refractivity contribution in [3.8, 4) is 0 Å². The number of carbonyl (C=O) groups is 2. The fraction of sp³-hybridized carbons (Fsp3) is 0.364. The van der Waals surface area contributed by atoms with Crippen molar-refractivity contribution in [1.29, 1.82) is 0 Å². The molecule has 1 saturated carbocycles. The van der Waals surface area contributed by atoms with E-state index in [4.69, 9.17) is 0 Å². The Balaban J connectivity index is 1.64. The van der Waals surface area contributed by atoms with Crippen molar-refractivity contribution in [3.05, 3.63) is 71.3 Å². The molecule has 26 heavy (non-hydrogen) atoms. The van der Waals surface area contributed by atoms with Crippen LogP contribution in [-0.2, 0) is 16.0 Å². The van der Waals surface area contributed by atoms with Crippen LogP contribution in [-0.4, -0.2) is 23.5 Å². The molecule has 4 heteroatoms. The molecule has 0 bridgehead atoms. The van der Waals surface area contributed by atoms with Gasteiger partial charge in [0.25, 0.3) is 0 Å². The van der Waals surface area contributed by atoms with Crippen molar-refractivity contribution in [1.82, 2.24) is 5.32 Å². The number of rotatable bonds is 8. The number of aryl methyl sites for hydroxylation is 1. The minimum Gasteiger partial charge on any atom is -0.481 e. The molecule has 2 atom stereocenters. The second kappa shape index (κ2) is 8.17. The van der Waals surface area contributed by atoms with E-state index in [-0.39, 0.29) is 18.4 Å². The maximum Gasteiger partial charge on any atom is 0.308 e. The van der Waals surface area contributed by atoms with Crippen molar-refractivity contribution in [2.45, 2.75) is 32.1 Å². The van der Waals surface area contributed by atoms with Crippen LogP contribution in [0.5, 0.6) is 0 Å². The summed E-state index contributed by atoms with van der Waals surface area (Å²) in [7, 11) is 0. The van der Waals surface area contributed by atoms with Crippen LogP contribution in [0.3, 0.4) is 0 Å². The third kappa shape index (κ3) is 4.72. The first-order valence-corrected chi connectivity index (χ1v) is 9.15. The molecule has 136 valence electrons. The Morgan fingerprint density at radius 1 is 1.12 bits per heavy atom. The molecule has 2 unspecified atom stereocenters. The highest BCUT2D eigenvalue weighted by Crippen LogP contribution is 2.42. The molecule has 2 aromatic rings. The Morgan fingerprint density at radius 2 is 1.85 bits per heavy atom. The van der Waals surface area contributed by atoms with Gasteiger partial charge >= 0.3 is 5.97 Å². The number of aliphatic carboxylic acids is 1. The summed E-state index contributed by atoms with van der Waals surface area (Å²) in [5.41, 5.74) is 3.10. The van der Waals surface area contributed by atoms with Gasteiger partial charge in [-0.15, -0.1) is 0 Å². The number of carboxylic acids is 1. The van der Waals surface area contributed by atoms with Crippen LogP contribution in [0.25, 0.3) is 0 Å². The van der Waals surface area contributed by atoms with Gasteiger partial charge in [-0.3, -0.25) is 9.59 Å². The standard InChI is InChI=1S/C22H25NO3/c1-15-6-5-7-16(12-15)13-19(22(25)26)14-23-21(24)20(18-10-11-18)17-8-3-2-4-9-17/h2-9,12,18-20H,10-11,13-14H2,1H3,(H,23,24)(H,25,26). The molecule has 1 aliphatic rings. The summed E-state index contributed by atoms with van der Waals surface area (Å²) in [5, 5.41) is 12.4. The topological polar surface area (TPSA) is 66.4 Å². The quantitative estimate of drug-likeness (QED) is 0.764. The lowest BCUT2D eigenvalue weighted by atomic mass is 9.92. The fourth-order valence-electron chi connectivity index (χ4n) is 3.43. The number of hydrogen-bond donors (Lipinski definition) is 2. The first-order chi connectivity index (χ1) is 12.5. The lowest BCUT2D eigenvalue weighted by molar-refractivity contribution is -0.141. The van der Waals surface area contributed by atoms with Crippen LogP contribution >= 0.6 is 0 Å². The second-order valence-corrected chi connectivity index (χ2v) is 7.20. The summed E-state index contributed by atoms with van der Waals surface area (Å²) >= 11 is 0. The number of hydrogen-bond acceptors (Lipinski definition) is 2. The summed E-state index contributed by atoms with van der Waals surface area (Å²) in [6.45, 7) is 2.14. The maximum absolute atomic E-state index is 12.8. The van der Waals surface area contributed by atoms with Gasteiger partial charge in [0.2, 0.25) is 5.91 Å². The molecule has 4 nitrogen and oxygen atoms in total. The Kier molecular flexibility index (Phi) is 5.71. The average Bonchev–Trinajstić information content (AvgIpc) is 3.44. The molecule has 2 N–H and O–H groups in total. The van der Waals surface area contributed by atoms with Gasteiger partial charge in [-0.2, -0.15) is 0 Å². The predicted octanol–water partition coefficient (Wildman–Crippen LogP) is 3.55. The van der Waals surface area contributed by atoms with E-state index in [9.17, 15) is 14.7 Å².